The summed E-state index contributed by atoms with van der Waals surface area (Å²) in [5, 5.41) is 6.98. The van der Waals surface area contributed by atoms with Crippen LogP contribution >= 0.6 is 11.8 Å². The van der Waals surface area contributed by atoms with Crippen LogP contribution in [-0.4, -0.2) is 22.6 Å². The average molecular weight is 430 g/mol. The minimum Gasteiger partial charge on any atom is -0.361 e. The third kappa shape index (κ3) is 4.62. The van der Waals surface area contributed by atoms with Gasteiger partial charge in [0.1, 0.15) is 0 Å². The molecule has 0 saturated heterocycles. The summed E-state index contributed by atoms with van der Waals surface area (Å²) < 4.78 is 0. The zero-order chi connectivity index (χ0) is 21.0. The number of fused-ring (bicyclic) bond motifs is 1. The number of nitrogens with zero attached hydrogens (tertiary/aromatic N) is 1. The summed E-state index contributed by atoms with van der Waals surface area (Å²) in [7, 11) is 0. The van der Waals surface area contributed by atoms with Crippen LogP contribution in [0.3, 0.4) is 0 Å². The Bertz CT molecular complexity index is 1120. The number of benzene rings is 2. The van der Waals surface area contributed by atoms with Gasteiger partial charge in [0.05, 0.1) is 12.5 Å². The molecular weight excluding hydrogens is 402 g/mol. The van der Waals surface area contributed by atoms with Gasteiger partial charge in [-0.15, -0.1) is 0 Å². The molecule has 1 saturated carbocycles. The lowest BCUT2D eigenvalue weighted by Gasteiger charge is -2.21. The van der Waals surface area contributed by atoms with Crippen molar-refractivity contribution in [3.05, 3.63) is 71.8 Å². The number of amidine groups is 1. The quantitative estimate of drug-likeness (QED) is 0.505. The second-order valence-electron chi connectivity index (χ2n) is 8.47. The molecule has 1 unspecified atom stereocenters. The first kappa shape index (κ1) is 20.1. The molecule has 2 aromatic carbocycles. The lowest BCUT2D eigenvalue weighted by atomic mass is 9.86. The van der Waals surface area contributed by atoms with Gasteiger partial charge in [0.2, 0.25) is 5.91 Å². The summed E-state index contributed by atoms with van der Waals surface area (Å²) >= 11 is 1.48. The summed E-state index contributed by atoms with van der Waals surface area (Å²) in [6, 6.07) is 17.1. The van der Waals surface area contributed by atoms with E-state index >= 15 is 0 Å². The Morgan fingerprint density at radius 2 is 1.90 bits per heavy atom. The third-order valence-corrected chi connectivity index (χ3v) is 7.19. The first-order chi connectivity index (χ1) is 15.3. The molecule has 1 aliphatic heterocycles. The van der Waals surface area contributed by atoms with E-state index in [1.54, 1.807) is 0 Å². The molecule has 2 aliphatic rings. The van der Waals surface area contributed by atoms with Crippen molar-refractivity contribution in [3.63, 3.8) is 0 Å². The van der Waals surface area contributed by atoms with Gasteiger partial charge in [-0.05, 0) is 58.0 Å². The van der Waals surface area contributed by atoms with Crippen LogP contribution in [0.4, 0.5) is 0 Å². The molecule has 2 heterocycles. The highest BCUT2D eigenvalue weighted by Crippen LogP contribution is 2.35. The maximum Gasteiger partial charge on any atom is 0.233 e. The Labute approximate surface area is 187 Å². The number of H-pyrrole nitrogens is 1. The van der Waals surface area contributed by atoms with E-state index in [9.17, 15) is 4.79 Å². The molecular formula is C26H27N3OS. The molecule has 2 N–H and O–H groups in total. The van der Waals surface area contributed by atoms with Gasteiger partial charge in [0.25, 0.3) is 0 Å². The molecule has 1 fully saturated rings. The number of rotatable bonds is 5. The van der Waals surface area contributed by atoms with Crippen LogP contribution in [-0.2, 0) is 4.79 Å². The van der Waals surface area contributed by atoms with Gasteiger partial charge in [0.15, 0.2) is 5.17 Å². The van der Waals surface area contributed by atoms with Gasteiger partial charge in [-0.1, -0.05) is 73.9 Å². The predicted molar refractivity (Wildman–Crippen MR) is 130 cm³/mol. The van der Waals surface area contributed by atoms with Gasteiger partial charge < -0.3 is 10.3 Å². The molecule has 0 radical (unpaired) electrons. The molecule has 0 bridgehead atoms. The van der Waals surface area contributed by atoms with Crippen LogP contribution in [0.2, 0.25) is 0 Å². The van der Waals surface area contributed by atoms with Gasteiger partial charge in [0, 0.05) is 11.7 Å². The van der Waals surface area contributed by atoms with Gasteiger partial charge in [-0.25, -0.2) is 0 Å². The maximum atomic E-state index is 13.2. The van der Waals surface area contributed by atoms with E-state index in [4.69, 9.17) is 0 Å². The fourth-order valence-electron chi connectivity index (χ4n) is 4.70. The van der Waals surface area contributed by atoms with E-state index in [-0.39, 0.29) is 11.8 Å². The van der Waals surface area contributed by atoms with Crippen molar-refractivity contribution in [3.8, 4) is 11.1 Å². The SMILES string of the molecule is O=C(NC1=NCC=CS1)C(CC1CCCC1)c1ccc(-c2ccc3[nH]ccc3c2)cc1. The average Bonchev–Trinajstić information content (AvgIpc) is 3.49. The Morgan fingerprint density at radius 3 is 2.68 bits per heavy atom. The van der Waals surface area contributed by atoms with E-state index in [1.807, 2.05) is 17.7 Å². The topological polar surface area (TPSA) is 57.2 Å². The number of aromatic nitrogens is 1. The lowest BCUT2D eigenvalue weighted by Crippen LogP contribution is -2.34. The minimum absolute atomic E-state index is 0.0648. The third-order valence-electron chi connectivity index (χ3n) is 6.41. The highest BCUT2D eigenvalue weighted by atomic mass is 32.2. The van der Waals surface area contributed by atoms with Crippen molar-refractivity contribution in [1.82, 2.24) is 10.3 Å². The Kier molecular flexibility index (Phi) is 5.94. The van der Waals surface area contributed by atoms with Crippen LogP contribution in [0.15, 0.2) is 71.2 Å². The summed E-state index contributed by atoms with van der Waals surface area (Å²) in [6.45, 7) is 0.635. The van der Waals surface area contributed by atoms with Crippen molar-refractivity contribution in [2.24, 2.45) is 10.9 Å². The number of nitrogens with one attached hydrogen (secondary N) is 2. The fraction of sp³-hybridized carbons (Fsp3) is 0.308. The highest BCUT2D eigenvalue weighted by molar-refractivity contribution is 8.16. The summed E-state index contributed by atoms with van der Waals surface area (Å²) in [5.41, 5.74) is 4.60. The predicted octanol–water partition coefficient (Wildman–Crippen LogP) is 6.23. The number of carbonyl (C=O) groups excluding carboxylic acids is 1. The van der Waals surface area contributed by atoms with E-state index in [1.165, 1.54) is 54.0 Å². The number of thioether (sulfide) groups is 1. The van der Waals surface area contributed by atoms with E-state index in [0.717, 1.165) is 17.5 Å². The molecule has 1 aliphatic carbocycles. The Hall–Kier alpha value is -2.79. The zero-order valence-electron chi connectivity index (χ0n) is 17.5. The largest absolute Gasteiger partial charge is 0.361 e. The van der Waals surface area contributed by atoms with Crippen LogP contribution in [0.5, 0.6) is 0 Å². The number of aromatic amines is 1. The summed E-state index contributed by atoms with van der Waals surface area (Å²) in [5.74, 6) is 0.556. The van der Waals surface area contributed by atoms with Gasteiger partial charge >= 0.3 is 0 Å². The number of aliphatic imine (C=N–C) groups is 1. The normalized spacial score (nSPS) is 17.6. The van der Waals surface area contributed by atoms with Crippen molar-refractivity contribution < 1.29 is 4.79 Å². The molecule has 5 rings (SSSR count). The van der Waals surface area contributed by atoms with Crippen molar-refractivity contribution >= 4 is 33.7 Å². The van der Waals surface area contributed by atoms with E-state index < -0.39 is 0 Å². The smallest absolute Gasteiger partial charge is 0.233 e. The zero-order valence-corrected chi connectivity index (χ0v) is 18.3. The molecule has 1 aromatic heterocycles. The van der Waals surface area contributed by atoms with Crippen LogP contribution in [0.1, 0.15) is 43.6 Å². The van der Waals surface area contributed by atoms with Gasteiger partial charge in [-0.2, -0.15) is 0 Å². The van der Waals surface area contributed by atoms with Crippen LogP contribution in [0, 0.1) is 5.92 Å². The Morgan fingerprint density at radius 1 is 1.10 bits per heavy atom. The molecule has 158 valence electrons. The number of carbonyl (C=O) groups is 1. The molecule has 1 atom stereocenters. The first-order valence-electron chi connectivity index (χ1n) is 11.1. The molecule has 5 heteroatoms. The van der Waals surface area contributed by atoms with Crippen molar-refractivity contribution in [1.29, 1.82) is 0 Å². The highest BCUT2D eigenvalue weighted by Gasteiger charge is 2.27. The second kappa shape index (κ2) is 9.15. The minimum atomic E-state index is -0.140. The lowest BCUT2D eigenvalue weighted by molar-refractivity contribution is -0.121. The van der Waals surface area contributed by atoms with Crippen molar-refractivity contribution in [2.45, 2.75) is 38.0 Å². The van der Waals surface area contributed by atoms with E-state index in [2.05, 4.69) is 63.8 Å². The van der Waals surface area contributed by atoms with Crippen LogP contribution < -0.4 is 5.32 Å². The van der Waals surface area contributed by atoms with Crippen LogP contribution in [0.25, 0.3) is 22.0 Å². The number of hydrogen-bond donors (Lipinski definition) is 2. The van der Waals surface area contributed by atoms with Crippen molar-refractivity contribution in [2.75, 3.05) is 6.54 Å². The second-order valence-corrected chi connectivity index (χ2v) is 9.36. The first-order valence-corrected chi connectivity index (χ1v) is 12.0. The molecule has 0 spiro atoms. The molecule has 3 aromatic rings. The standard InChI is InChI=1S/C26H27N3OS/c30-25(29-26-28-13-3-15-31-26)23(16-18-4-1-2-5-18)20-8-6-19(7-9-20)21-10-11-24-22(17-21)12-14-27-24/h3,6-12,14-15,17-18,23,27H,1-2,4-5,13,16H2,(H,28,29,30). The molecule has 1 amide bonds. The molecule has 4 nitrogen and oxygen atoms in total. The van der Waals surface area contributed by atoms with Gasteiger partial charge in [-0.3, -0.25) is 9.79 Å². The summed E-state index contributed by atoms with van der Waals surface area (Å²) in [6.07, 6.45) is 9.91. The number of hydrogen-bond acceptors (Lipinski definition) is 3. The number of amides is 1. The maximum absolute atomic E-state index is 13.2. The Balaban J connectivity index is 1.38. The molecule has 31 heavy (non-hydrogen) atoms. The fourth-order valence-corrected chi connectivity index (χ4v) is 5.32. The summed E-state index contributed by atoms with van der Waals surface area (Å²) in [4.78, 5) is 20.9. The monoisotopic (exact) mass is 429 g/mol. The van der Waals surface area contributed by atoms with E-state index in [0.29, 0.717) is 17.6 Å².